The van der Waals surface area contributed by atoms with Gasteiger partial charge in [-0.2, -0.15) is 15.1 Å². The summed E-state index contributed by atoms with van der Waals surface area (Å²) < 4.78 is 35.6. The normalized spacial score (nSPS) is 26.4. The van der Waals surface area contributed by atoms with Gasteiger partial charge in [0.15, 0.2) is 5.69 Å². The van der Waals surface area contributed by atoms with Gasteiger partial charge in [0.25, 0.3) is 5.91 Å². The van der Waals surface area contributed by atoms with E-state index in [2.05, 4.69) is 33.2 Å². The number of fused-ring (bicyclic) bond motifs is 5. The number of carbonyl (C=O) groups is 2. The maximum atomic E-state index is 14.7. The van der Waals surface area contributed by atoms with E-state index in [1.165, 1.54) is 10.5 Å². The summed E-state index contributed by atoms with van der Waals surface area (Å²) in [6, 6.07) is 8.16. The standard InChI is InChI=1S/C39H51FN8O5/c1-24-17-39(30-15-26(9-10-28(24)30)41-36(50)53-37(2,3)4)19-32-29(22-52-39)33(43-35(42-32)51-23-38-11-7-13-47(38)20-25(40)18-38)46-12-8-14-48-27(21-46)16-31(44-48)34(49)45(5)6/h9-10,15-16,24-25H,7-8,11-14,17-23H2,1-6H3,(H,41,50)/t24?,25-,38+,39?/m1/s1. The molecule has 53 heavy (non-hydrogen) atoms. The second kappa shape index (κ2) is 13.2. The minimum Gasteiger partial charge on any atom is -0.461 e. The molecule has 284 valence electrons. The second-order valence-electron chi connectivity index (χ2n) is 16.8. The van der Waals surface area contributed by atoms with Crippen molar-refractivity contribution in [3.8, 4) is 6.01 Å². The van der Waals surface area contributed by atoms with Crippen LogP contribution in [0.25, 0.3) is 0 Å². The Labute approximate surface area is 310 Å². The number of aryl methyl sites for hydroxylation is 1. The van der Waals surface area contributed by atoms with Crippen molar-refractivity contribution < 1.29 is 28.2 Å². The number of ether oxygens (including phenoxy) is 3. The molecule has 0 bridgehead atoms. The smallest absolute Gasteiger partial charge is 0.412 e. The Hall–Kier alpha value is -4.30. The number of hydrogen-bond donors (Lipinski definition) is 1. The molecular formula is C39H51FN8O5. The fraction of sp³-hybridized carbons (Fsp3) is 0.615. The van der Waals surface area contributed by atoms with Crippen LogP contribution in [0.5, 0.6) is 6.01 Å². The Balaban J connectivity index is 1.14. The van der Waals surface area contributed by atoms with Gasteiger partial charge in [0, 0.05) is 57.8 Å². The van der Waals surface area contributed by atoms with Gasteiger partial charge in [0.05, 0.1) is 30.1 Å². The molecule has 3 aromatic rings. The van der Waals surface area contributed by atoms with Crippen LogP contribution in [-0.4, -0.2) is 99.2 Å². The summed E-state index contributed by atoms with van der Waals surface area (Å²) in [6.07, 6.45) is 3.06. The molecule has 0 radical (unpaired) electrons. The van der Waals surface area contributed by atoms with E-state index in [-0.39, 0.29) is 23.4 Å². The largest absolute Gasteiger partial charge is 0.461 e. The summed E-state index contributed by atoms with van der Waals surface area (Å²) in [5.41, 5.74) is 4.35. The van der Waals surface area contributed by atoms with Crippen LogP contribution in [0.4, 0.5) is 20.7 Å². The molecule has 14 heteroatoms. The van der Waals surface area contributed by atoms with Crippen LogP contribution in [0.3, 0.4) is 0 Å². The number of amides is 2. The Morgan fingerprint density at radius 1 is 1.11 bits per heavy atom. The Bertz CT molecular complexity index is 1930. The third-order valence-electron chi connectivity index (χ3n) is 11.5. The summed E-state index contributed by atoms with van der Waals surface area (Å²) in [5.74, 6) is 0.842. The maximum Gasteiger partial charge on any atom is 0.412 e. The van der Waals surface area contributed by atoms with Crippen LogP contribution in [0, 0.1) is 0 Å². The Morgan fingerprint density at radius 3 is 2.74 bits per heavy atom. The van der Waals surface area contributed by atoms with Crippen LogP contribution >= 0.6 is 0 Å². The van der Waals surface area contributed by atoms with E-state index in [1.54, 1.807) is 14.1 Å². The van der Waals surface area contributed by atoms with Gasteiger partial charge in [0.1, 0.15) is 29.8 Å². The molecule has 0 saturated carbocycles. The van der Waals surface area contributed by atoms with E-state index in [4.69, 9.17) is 24.2 Å². The van der Waals surface area contributed by atoms with Crippen LogP contribution in [-0.2, 0) is 41.2 Å². The molecule has 13 nitrogen and oxygen atoms in total. The average molecular weight is 731 g/mol. The second-order valence-corrected chi connectivity index (χ2v) is 16.8. The van der Waals surface area contributed by atoms with Gasteiger partial charge in [-0.15, -0.1) is 0 Å². The molecule has 2 unspecified atom stereocenters. The van der Waals surface area contributed by atoms with Crippen molar-refractivity contribution in [3.63, 3.8) is 0 Å². The molecule has 2 saturated heterocycles. The van der Waals surface area contributed by atoms with Crippen molar-refractivity contribution in [2.24, 2.45) is 0 Å². The van der Waals surface area contributed by atoms with E-state index in [0.717, 1.165) is 67.1 Å². The lowest BCUT2D eigenvalue weighted by Gasteiger charge is -2.38. The highest BCUT2D eigenvalue weighted by Crippen LogP contribution is 2.52. The van der Waals surface area contributed by atoms with Gasteiger partial charge in [-0.1, -0.05) is 13.0 Å². The highest BCUT2D eigenvalue weighted by molar-refractivity contribution is 5.92. The van der Waals surface area contributed by atoms with Crippen LogP contribution in [0.15, 0.2) is 24.3 Å². The molecule has 8 rings (SSSR count). The number of halogens is 1. The number of nitrogens with zero attached hydrogens (tertiary/aromatic N) is 7. The fourth-order valence-corrected chi connectivity index (χ4v) is 9.17. The first-order chi connectivity index (χ1) is 25.2. The number of carbonyl (C=O) groups excluding carboxylic acids is 2. The van der Waals surface area contributed by atoms with Gasteiger partial charge in [-0.05, 0) is 88.2 Å². The molecule has 1 N–H and O–H groups in total. The molecule has 1 aliphatic carbocycles. The van der Waals surface area contributed by atoms with Crippen molar-refractivity contribution in [1.29, 1.82) is 0 Å². The zero-order chi connectivity index (χ0) is 37.3. The van der Waals surface area contributed by atoms with E-state index in [0.29, 0.717) is 57.1 Å². The number of benzene rings is 1. The first-order valence-electron chi connectivity index (χ1n) is 18.9. The molecular weight excluding hydrogens is 679 g/mol. The Morgan fingerprint density at radius 2 is 1.94 bits per heavy atom. The van der Waals surface area contributed by atoms with Gasteiger partial charge in [-0.3, -0.25) is 19.7 Å². The molecule has 4 aliphatic heterocycles. The minimum absolute atomic E-state index is 0.135. The van der Waals surface area contributed by atoms with E-state index < -0.39 is 23.5 Å². The summed E-state index contributed by atoms with van der Waals surface area (Å²) >= 11 is 0. The van der Waals surface area contributed by atoms with Crippen molar-refractivity contribution in [2.45, 2.75) is 115 Å². The first kappa shape index (κ1) is 35.7. The van der Waals surface area contributed by atoms with Crippen molar-refractivity contribution in [3.05, 3.63) is 58.0 Å². The predicted molar refractivity (Wildman–Crippen MR) is 196 cm³/mol. The molecule has 6 heterocycles. The summed E-state index contributed by atoms with van der Waals surface area (Å²) in [5, 5.41) is 7.55. The number of rotatable bonds is 6. The lowest BCUT2D eigenvalue weighted by atomic mass is 9.86. The average Bonchev–Trinajstić information content (AvgIpc) is 3.78. The number of aromatic nitrogens is 4. The third kappa shape index (κ3) is 6.73. The van der Waals surface area contributed by atoms with Crippen molar-refractivity contribution in [1.82, 2.24) is 29.5 Å². The Kier molecular flexibility index (Phi) is 8.91. The number of nitrogens with one attached hydrogen (secondary N) is 1. The van der Waals surface area contributed by atoms with E-state index >= 15 is 0 Å². The fourth-order valence-electron chi connectivity index (χ4n) is 9.17. The highest BCUT2D eigenvalue weighted by Gasteiger charge is 2.50. The van der Waals surface area contributed by atoms with Gasteiger partial charge >= 0.3 is 12.1 Å². The molecule has 1 spiro atoms. The number of hydrogen-bond acceptors (Lipinski definition) is 10. The summed E-state index contributed by atoms with van der Waals surface area (Å²) in [7, 11) is 3.46. The monoisotopic (exact) mass is 730 g/mol. The van der Waals surface area contributed by atoms with Crippen LogP contribution < -0.4 is 15.0 Å². The molecule has 2 amide bonds. The van der Waals surface area contributed by atoms with Gasteiger partial charge in [-0.25, -0.2) is 9.18 Å². The third-order valence-corrected chi connectivity index (χ3v) is 11.5. The molecule has 1 aromatic carbocycles. The first-order valence-corrected chi connectivity index (χ1v) is 18.9. The van der Waals surface area contributed by atoms with Crippen LogP contribution in [0.1, 0.15) is 104 Å². The molecule has 5 aliphatic rings. The zero-order valence-corrected chi connectivity index (χ0v) is 31.7. The van der Waals surface area contributed by atoms with Gasteiger partial charge < -0.3 is 24.0 Å². The van der Waals surface area contributed by atoms with Crippen LogP contribution in [0.2, 0.25) is 0 Å². The highest BCUT2D eigenvalue weighted by atomic mass is 19.1. The predicted octanol–water partition coefficient (Wildman–Crippen LogP) is 5.56. The SMILES string of the molecule is CC1CC2(Cc3nc(OC[C@@]45CCCN4C[C@H](F)C5)nc(N4CCCn5nc(C(=O)N(C)C)cc5C4)c3CO2)c2cc(NC(=O)OC(C)(C)C)ccc21. The van der Waals surface area contributed by atoms with E-state index in [9.17, 15) is 14.0 Å². The quantitative estimate of drug-likeness (QED) is 0.345. The lowest BCUT2D eigenvalue weighted by Crippen LogP contribution is -2.43. The van der Waals surface area contributed by atoms with Gasteiger partial charge in [0.2, 0.25) is 0 Å². The molecule has 2 fully saturated rings. The molecule has 4 atom stereocenters. The summed E-state index contributed by atoms with van der Waals surface area (Å²) in [4.78, 5) is 41.7. The molecule has 2 aromatic heterocycles. The minimum atomic E-state index is -0.860. The van der Waals surface area contributed by atoms with Crippen molar-refractivity contribution >= 4 is 23.5 Å². The number of alkyl halides is 1. The van der Waals surface area contributed by atoms with E-state index in [1.807, 2.05) is 43.7 Å². The topological polar surface area (TPSA) is 127 Å². The maximum absolute atomic E-state index is 14.7. The summed E-state index contributed by atoms with van der Waals surface area (Å²) in [6.45, 7) is 11.6. The lowest BCUT2D eigenvalue weighted by molar-refractivity contribution is -0.0753. The van der Waals surface area contributed by atoms with Crippen molar-refractivity contribution in [2.75, 3.05) is 50.6 Å². The number of anilines is 2. The zero-order valence-electron chi connectivity index (χ0n) is 31.7.